The van der Waals surface area contributed by atoms with Crippen LogP contribution in [0.2, 0.25) is 5.02 Å². The molecule has 0 saturated heterocycles. The molecule has 3 rings (SSSR count). The predicted molar refractivity (Wildman–Crippen MR) is 133 cm³/mol. The van der Waals surface area contributed by atoms with Gasteiger partial charge in [-0.2, -0.15) is 0 Å². The molecule has 0 radical (unpaired) electrons. The maximum Gasteiger partial charge on any atom is 0.251 e. The summed E-state index contributed by atoms with van der Waals surface area (Å²) in [5.74, 6) is 0.364. The van der Waals surface area contributed by atoms with Gasteiger partial charge < -0.3 is 10.3 Å². The van der Waals surface area contributed by atoms with Crippen LogP contribution in [-0.4, -0.2) is 27.8 Å². The molecule has 32 heavy (non-hydrogen) atoms. The van der Waals surface area contributed by atoms with Crippen LogP contribution in [0.5, 0.6) is 0 Å². The lowest BCUT2D eigenvalue weighted by atomic mass is 10.0. The molecule has 2 aromatic carbocycles. The molecule has 0 aliphatic heterocycles. The van der Waals surface area contributed by atoms with E-state index in [0.717, 1.165) is 36.6 Å². The number of carbonyl (C=O) groups is 2. The summed E-state index contributed by atoms with van der Waals surface area (Å²) < 4.78 is 0. The van der Waals surface area contributed by atoms with Gasteiger partial charge in [-0.25, -0.2) is 0 Å². The lowest BCUT2D eigenvalue weighted by Gasteiger charge is -2.18. The molecule has 1 aromatic heterocycles. The minimum atomic E-state index is -0.750. The lowest BCUT2D eigenvalue weighted by Crippen LogP contribution is -2.41. The lowest BCUT2D eigenvalue weighted by molar-refractivity contribution is -0.112. The van der Waals surface area contributed by atoms with E-state index in [1.807, 2.05) is 24.3 Å². The zero-order chi connectivity index (χ0) is 22.9. The zero-order valence-corrected chi connectivity index (χ0v) is 19.6. The number of thioether (sulfide) groups is 1. The van der Waals surface area contributed by atoms with E-state index in [2.05, 4.69) is 17.2 Å². The van der Waals surface area contributed by atoms with Gasteiger partial charge >= 0.3 is 0 Å². The van der Waals surface area contributed by atoms with E-state index >= 15 is 0 Å². The monoisotopic (exact) mass is 470 g/mol. The molecule has 0 bridgehead atoms. The molecular formula is C25H27ClN2O3S. The first-order chi connectivity index (χ1) is 15.5. The van der Waals surface area contributed by atoms with E-state index in [-0.39, 0.29) is 23.0 Å². The molecular weight excluding hydrogens is 444 g/mol. The highest BCUT2D eigenvalue weighted by Gasteiger charge is 2.23. The van der Waals surface area contributed by atoms with Crippen molar-refractivity contribution in [3.8, 4) is 0 Å². The van der Waals surface area contributed by atoms with Crippen molar-refractivity contribution in [1.29, 1.82) is 0 Å². The normalized spacial score (nSPS) is 11.9. The Morgan fingerprint density at radius 3 is 2.56 bits per heavy atom. The third kappa shape index (κ3) is 6.71. The van der Waals surface area contributed by atoms with E-state index in [4.69, 9.17) is 11.6 Å². The van der Waals surface area contributed by atoms with E-state index in [1.165, 1.54) is 17.8 Å². The van der Waals surface area contributed by atoms with Gasteiger partial charge in [0.25, 0.3) is 5.91 Å². The van der Waals surface area contributed by atoms with Gasteiger partial charge in [-0.05, 0) is 42.3 Å². The molecule has 1 amide bonds. The number of rotatable bonds is 10. The minimum absolute atomic E-state index is 0.104. The maximum atomic E-state index is 13.1. The number of aromatic nitrogens is 1. The summed E-state index contributed by atoms with van der Waals surface area (Å²) in [5, 5.41) is 4.16. The second-order valence-corrected chi connectivity index (χ2v) is 9.21. The van der Waals surface area contributed by atoms with Crippen LogP contribution in [0.3, 0.4) is 0 Å². The summed E-state index contributed by atoms with van der Waals surface area (Å²) in [6.07, 6.45) is 4.55. The van der Waals surface area contributed by atoms with Gasteiger partial charge in [-0.3, -0.25) is 14.4 Å². The Balaban J connectivity index is 1.81. The van der Waals surface area contributed by atoms with Crippen LogP contribution in [0.15, 0.2) is 59.4 Å². The first-order valence-corrected chi connectivity index (χ1v) is 12.2. The Kier molecular flexibility index (Phi) is 8.94. The summed E-state index contributed by atoms with van der Waals surface area (Å²) in [4.78, 5) is 40.9. The summed E-state index contributed by atoms with van der Waals surface area (Å²) in [6, 6.07) is 14.7. The molecule has 0 aliphatic rings. The number of H-pyrrole nitrogens is 1. The highest BCUT2D eigenvalue weighted by atomic mass is 35.5. The van der Waals surface area contributed by atoms with Crippen molar-refractivity contribution in [3.63, 3.8) is 0 Å². The van der Waals surface area contributed by atoms with Gasteiger partial charge in [0.15, 0.2) is 0 Å². The van der Waals surface area contributed by atoms with Crippen molar-refractivity contribution in [1.82, 2.24) is 10.3 Å². The topological polar surface area (TPSA) is 79.0 Å². The third-order valence-corrected chi connectivity index (χ3v) is 6.51. The van der Waals surface area contributed by atoms with E-state index in [1.54, 1.807) is 24.3 Å². The van der Waals surface area contributed by atoms with Crippen molar-refractivity contribution >= 4 is 45.3 Å². The van der Waals surface area contributed by atoms with Crippen LogP contribution in [0.25, 0.3) is 10.9 Å². The molecule has 7 heteroatoms. The van der Waals surface area contributed by atoms with E-state index < -0.39 is 6.04 Å². The fourth-order valence-electron chi connectivity index (χ4n) is 3.50. The molecule has 1 atom stereocenters. The van der Waals surface area contributed by atoms with E-state index in [9.17, 15) is 14.4 Å². The predicted octanol–water partition coefficient (Wildman–Crippen LogP) is 5.36. The van der Waals surface area contributed by atoms with Crippen LogP contribution < -0.4 is 10.9 Å². The number of unbranched alkanes of at least 4 members (excludes halogenated alkanes) is 3. The van der Waals surface area contributed by atoms with Crippen molar-refractivity contribution in [2.45, 2.75) is 45.1 Å². The molecule has 1 unspecified atom stereocenters. The van der Waals surface area contributed by atoms with Gasteiger partial charge in [-0.15, -0.1) is 0 Å². The molecule has 0 aliphatic carbocycles. The Hall–Kier alpha value is -2.57. The highest BCUT2D eigenvalue weighted by Crippen LogP contribution is 2.20. The second kappa shape index (κ2) is 11.9. The van der Waals surface area contributed by atoms with Gasteiger partial charge in [0.2, 0.25) is 10.7 Å². The quantitative estimate of drug-likeness (QED) is 0.391. The van der Waals surface area contributed by atoms with Gasteiger partial charge in [-0.1, -0.05) is 67.7 Å². The number of amides is 1. The summed E-state index contributed by atoms with van der Waals surface area (Å²) >= 11 is 7.16. The molecule has 0 spiro atoms. The van der Waals surface area contributed by atoms with Crippen molar-refractivity contribution in [3.05, 3.63) is 81.1 Å². The smallest absolute Gasteiger partial charge is 0.251 e. The number of benzene rings is 2. The fourth-order valence-corrected chi connectivity index (χ4v) is 4.52. The number of fused-ring (bicyclic) bond motifs is 1. The van der Waals surface area contributed by atoms with Crippen molar-refractivity contribution in [2.75, 3.05) is 5.75 Å². The summed E-state index contributed by atoms with van der Waals surface area (Å²) in [6.45, 7) is 2.15. The average Bonchev–Trinajstić information content (AvgIpc) is 2.78. The molecule has 168 valence electrons. The van der Waals surface area contributed by atoms with Crippen LogP contribution in [0.4, 0.5) is 0 Å². The standard InChI is InChI=1S/C25H27ClN2O3S/c1-2-3-4-7-14-32-25(31)22(28-24(30)17-10-12-19(26)13-11-17)15-18-16-23(29)27-21-9-6-5-8-20(18)21/h5-6,8-13,16,22H,2-4,7,14-15H2,1H3,(H,27,29)(H,28,30). The van der Waals surface area contributed by atoms with Gasteiger partial charge in [0, 0.05) is 39.7 Å². The first kappa shape index (κ1) is 24.1. The number of hydrogen-bond donors (Lipinski definition) is 2. The number of carbonyl (C=O) groups excluding carboxylic acids is 2. The van der Waals surface area contributed by atoms with Gasteiger partial charge in [0.1, 0.15) is 6.04 Å². The SMILES string of the molecule is CCCCCCSC(=O)C(Cc1cc(=O)[nH]c2ccccc12)NC(=O)c1ccc(Cl)cc1. The molecule has 5 nitrogen and oxygen atoms in total. The molecule has 0 saturated carbocycles. The van der Waals surface area contributed by atoms with Gasteiger partial charge in [0.05, 0.1) is 0 Å². The zero-order valence-electron chi connectivity index (χ0n) is 18.0. The van der Waals surface area contributed by atoms with Crippen LogP contribution >= 0.6 is 23.4 Å². The molecule has 0 fully saturated rings. The fraction of sp³-hybridized carbons (Fsp3) is 0.320. The van der Waals surface area contributed by atoms with Crippen molar-refractivity contribution < 1.29 is 9.59 Å². The molecule has 3 aromatic rings. The van der Waals surface area contributed by atoms with Crippen LogP contribution in [-0.2, 0) is 11.2 Å². The molecule has 1 heterocycles. The number of pyridine rings is 1. The van der Waals surface area contributed by atoms with Crippen molar-refractivity contribution in [2.24, 2.45) is 0 Å². The highest BCUT2D eigenvalue weighted by molar-refractivity contribution is 8.13. The Labute approximate surface area is 197 Å². The largest absolute Gasteiger partial charge is 0.341 e. The number of nitrogens with one attached hydrogen (secondary N) is 2. The number of hydrogen-bond acceptors (Lipinski definition) is 4. The number of halogens is 1. The van der Waals surface area contributed by atoms with E-state index in [0.29, 0.717) is 21.9 Å². The third-order valence-electron chi connectivity index (χ3n) is 5.20. The number of para-hydroxylation sites is 1. The maximum absolute atomic E-state index is 13.1. The first-order valence-electron chi connectivity index (χ1n) is 10.8. The Morgan fingerprint density at radius 2 is 1.81 bits per heavy atom. The molecule has 2 N–H and O–H groups in total. The Morgan fingerprint density at radius 1 is 1.06 bits per heavy atom. The second-order valence-electron chi connectivity index (χ2n) is 7.67. The average molecular weight is 471 g/mol. The number of aromatic amines is 1. The summed E-state index contributed by atoms with van der Waals surface area (Å²) in [5.41, 5.74) is 1.63. The summed E-state index contributed by atoms with van der Waals surface area (Å²) in [7, 11) is 0. The van der Waals surface area contributed by atoms with Crippen LogP contribution in [0.1, 0.15) is 48.5 Å². The Bertz CT molecular complexity index is 1130. The van der Waals surface area contributed by atoms with Crippen LogP contribution in [0, 0.1) is 0 Å². The minimum Gasteiger partial charge on any atom is -0.341 e.